The third-order valence-corrected chi connectivity index (χ3v) is 5.14. The van der Waals surface area contributed by atoms with Crippen LogP contribution in [0, 0.1) is 0 Å². The Morgan fingerprint density at radius 1 is 1.21 bits per heavy atom. The summed E-state index contributed by atoms with van der Waals surface area (Å²) in [4.78, 5) is 26.7. The van der Waals surface area contributed by atoms with Gasteiger partial charge < -0.3 is 10.7 Å². The number of amides is 1. The van der Waals surface area contributed by atoms with Crippen LogP contribution >= 0.6 is 24.0 Å². The highest BCUT2D eigenvalue weighted by molar-refractivity contribution is 8.23. The topological polar surface area (TPSA) is 75.9 Å². The van der Waals surface area contributed by atoms with Crippen molar-refractivity contribution in [1.82, 2.24) is 4.98 Å². The van der Waals surface area contributed by atoms with Crippen LogP contribution in [0.1, 0.15) is 12.5 Å². The lowest BCUT2D eigenvalue weighted by atomic mass is 10.0. The lowest BCUT2D eigenvalue weighted by Crippen LogP contribution is -2.28. The van der Waals surface area contributed by atoms with Gasteiger partial charge in [0, 0.05) is 20.5 Å². The Hall–Kier alpha value is -2.18. The number of nitrogens with one attached hydrogen (secondary N) is 1. The molecule has 0 fully saturated rings. The fourth-order valence-electron chi connectivity index (χ4n) is 2.77. The van der Waals surface area contributed by atoms with Crippen LogP contribution < -0.4 is 11.3 Å². The lowest BCUT2D eigenvalue weighted by Gasteiger charge is -2.13. The van der Waals surface area contributed by atoms with E-state index in [4.69, 9.17) is 18.0 Å². The highest BCUT2D eigenvalue weighted by Gasteiger charge is 2.18. The predicted molar refractivity (Wildman–Crippen MR) is 105 cm³/mol. The van der Waals surface area contributed by atoms with E-state index in [0.717, 1.165) is 21.9 Å². The van der Waals surface area contributed by atoms with E-state index in [0.29, 0.717) is 16.0 Å². The molecular weight excluding hydrogens is 340 g/mol. The molecule has 3 N–H and O–H groups in total. The van der Waals surface area contributed by atoms with Crippen LogP contribution in [0.3, 0.4) is 0 Å². The van der Waals surface area contributed by atoms with Gasteiger partial charge in [0.15, 0.2) is 0 Å². The number of carbonyl (C=O) groups is 1. The van der Waals surface area contributed by atoms with Gasteiger partial charge in [0.05, 0.1) is 5.25 Å². The summed E-state index contributed by atoms with van der Waals surface area (Å²) in [6, 6.07) is 13.3. The van der Waals surface area contributed by atoms with Crippen LogP contribution in [-0.2, 0) is 11.2 Å². The molecule has 0 aliphatic heterocycles. The van der Waals surface area contributed by atoms with Crippen molar-refractivity contribution in [3.8, 4) is 0 Å². The minimum absolute atomic E-state index is 0.104. The van der Waals surface area contributed by atoms with Crippen LogP contribution in [-0.4, -0.2) is 20.3 Å². The van der Waals surface area contributed by atoms with Crippen molar-refractivity contribution in [3.63, 3.8) is 0 Å². The Bertz CT molecular complexity index is 1010. The fraction of sp³-hybridized carbons (Fsp3) is 0.167. The van der Waals surface area contributed by atoms with Gasteiger partial charge in [-0.05, 0) is 42.5 Å². The second kappa shape index (κ2) is 6.75. The first-order chi connectivity index (χ1) is 11.5. The minimum Gasteiger partial charge on any atom is -0.369 e. The maximum absolute atomic E-state index is 12.1. The van der Waals surface area contributed by atoms with E-state index >= 15 is 0 Å². The van der Waals surface area contributed by atoms with Gasteiger partial charge in [0.25, 0.3) is 5.56 Å². The van der Waals surface area contributed by atoms with E-state index in [9.17, 15) is 9.59 Å². The minimum atomic E-state index is -0.394. The Balaban J connectivity index is 2.09. The van der Waals surface area contributed by atoms with Crippen LogP contribution in [0.25, 0.3) is 21.7 Å². The number of benzene rings is 2. The van der Waals surface area contributed by atoms with Gasteiger partial charge in [-0.15, -0.1) is 11.8 Å². The zero-order chi connectivity index (χ0) is 17.3. The molecule has 0 bridgehead atoms. The molecular formula is C18H16N2O2S2. The van der Waals surface area contributed by atoms with Crippen LogP contribution in [0.4, 0.5) is 0 Å². The molecule has 1 amide bonds. The second-order valence-electron chi connectivity index (χ2n) is 5.58. The molecule has 0 aliphatic carbocycles. The number of thiocarbonyl (C=S) groups is 1. The number of primary amides is 1. The summed E-state index contributed by atoms with van der Waals surface area (Å²) in [5.74, 6) is -0.379. The smallest absolute Gasteiger partial charge is 0.256 e. The van der Waals surface area contributed by atoms with Gasteiger partial charge in [-0.2, -0.15) is 0 Å². The Morgan fingerprint density at radius 2 is 1.92 bits per heavy atom. The SMILES string of the molecule is CC(=S)SC(Cc1ccc2[nH]c(=O)c3ccccc3c2c1)C(N)=O. The number of hydrogen-bond donors (Lipinski definition) is 2. The largest absolute Gasteiger partial charge is 0.369 e. The summed E-state index contributed by atoms with van der Waals surface area (Å²) in [6.45, 7) is 1.79. The lowest BCUT2D eigenvalue weighted by molar-refractivity contribution is -0.117. The van der Waals surface area contributed by atoms with Crippen LogP contribution in [0.5, 0.6) is 0 Å². The first-order valence-electron chi connectivity index (χ1n) is 7.46. The number of thioether (sulfide) groups is 1. The van der Waals surface area contributed by atoms with Gasteiger partial charge in [-0.1, -0.05) is 36.5 Å². The number of aromatic amines is 1. The number of nitrogens with two attached hydrogens (primary N) is 1. The maximum Gasteiger partial charge on any atom is 0.256 e. The van der Waals surface area contributed by atoms with Crippen molar-refractivity contribution >= 4 is 55.8 Å². The number of fused-ring (bicyclic) bond motifs is 3. The van der Waals surface area contributed by atoms with Gasteiger partial charge in [-0.3, -0.25) is 9.59 Å². The van der Waals surface area contributed by atoms with E-state index in [1.807, 2.05) is 36.4 Å². The Kier molecular flexibility index (Phi) is 4.69. The Morgan fingerprint density at radius 3 is 2.58 bits per heavy atom. The number of rotatable bonds is 4. The predicted octanol–water partition coefficient (Wildman–Crippen LogP) is 3.16. The maximum atomic E-state index is 12.1. The molecule has 0 saturated heterocycles. The second-order valence-corrected chi connectivity index (χ2v) is 7.87. The number of pyridine rings is 1. The number of aromatic nitrogens is 1. The average molecular weight is 356 g/mol. The van der Waals surface area contributed by atoms with E-state index in [2.05, 4.69) is 4.98 Å². The first-order valence-corrected chi connectivity index (χ1v) is 8.74. The molecule has 24 heavy (non-hydrogen) atoms. The zero-order valence-corrected chi connectivity index (χ0v) is 14.7. The molecule has 1 atom stereocenters. The number of hydrogen-bond acceptors (Lipinski definition) is 4. The van der Waals surface area contributed by atoms with Crippen molar-refractivity contribution in [2.75, 3.05) is 0 Å². The molecule has 1 aromatic heterocycles. The van der Waals surface area contributed by atoms with E-state index < -0.39 is 5.25 Å². The molecule has 122 valence electrons. The molecule has 2 aromatic carbocycles. The fourth-order valence-corrected chi connectivity index (χ4v) is 3.91. The van der Waals surface area contributed by atoms with Crippen molar-refractivity contribution in [3.05, 3.63) is 58.4 Å². The van der Waals surface area contributed by atoms with Crippen molar-refractivity contribution in [2.24, 2.45) is 5.73 Å². The van der Waals surface area contributed by atoms with E-state index in [1.165, 1.54) is 11.8 Å². The van der Waals surface area contributed by atoms with Crippen molar-refractivity contribution in [2.45, 2.75) is 18.6 Å². The van der Waals surface area contributed by atoms with Gasteiger partial charge in [-0.25, -0.2) is 0 Å². The number of H-pyrrole nitrogens is 1. The quantitative estimate of drug-likeness (QED) is 0.556. The molecule has 0 spiro atoms. The molecule has 4 nitrogen and oxygen atoms in total. The van der Waals surface area contributed by atoms with Gasteiger partial charge in [0.2, 0.25) is 5.91 Å². The zero-order valence-electron chi connectivity index (χ0n) is 13.0. The summed E-state index contributed by atoms with van der Waals surface area (Å²) < 4.78 is 0.689. The summed E-state index contributed by atoms with van der Waals surface area (Å²) in [5, 5.41) is 2.11. The number of carbonyl (C=O) groups excluding carboxylic acids is 1. The van der Waals surface area contributed by atoms with Gasteiger partial charge in [0.1, 0.15) is 0 Å². The molecule has 3 rings (SSSR count). The average Bonchev–Trinajstić information content (AvgIpc) is 2.54. The molecule has 6 heteroatoms. The molecule has 0 aliphatic rings. The molecule has 3 aromatic rings. The third kappa shape index (κ3) is 3.34. The monoisotopic (exact) mass is 356 g/mol. The van der Waals surface area contributed by atoms with E-state index in [-0.39, 0.29) is 11.5 Å². The first kappa shape index (κ1) is 16.7. The standard InChI is InChI=1S/C18H16N2O2S2/c1-10(23)24-16(17(19)21)9-11-6-7-15-14(8-11)12-4-2-3-5-13(12)18(22)20-15/h2-8,16H,9H2,1H3,(H2,19,21)(H,20,22). The highest BCUT2D eigenvalue weighted by atomic mass is 32.2. The molecule has 0 radical (unpaired) electrons. The Labute approximate surface area is 148 Å². The molecule has 1 heterocycles. The van der Waals surface area contributed by atoms with E-state index in [1.54, 1.807) is 13.0 Å². The molecule has 1 unspecified atom stereocenters. The molecule has 0 saturated carbocycles. The van der Waals surface area contributed by atoms with Crippen LogP contribution in [0.2, 0.25) is 0 Å². The summed E-state index contributed by atoms with van der Waals surface area (Å²) in [6.07, 6.45) is 0.497. The van der Waals surface area contributed by atoms with Crippen LogP contribution in [0.15, 0.2) is 47.3 Å². The summed E-state index contributed by atoms with van der Waals surface area (Å²) in [7, 11) is 0. The normalized spacial score (nSPS) is 12.4. The summed E-state index contributed by atoms with van der Waals surface area (Å²) in [5.41, 5.74) is 7.14. The highest BCUT2D eigenvalue weighted by Crippen LogP contribution is 2.25. The van der Waals surface area contributed by atoms with Crippen molar-refractivity contribution in [1.29, 1.82) is 0 Å². The summed E-state index contributed by atoms with van der Waals surface area (Å²) >= 11 is 6.39. The van der Waals surface area contributed by atoms with Gasteiger partial charge >= 0.3 is 0 Å². The third-order valence-electron chi connectivity index (χ3n) is 3.84. The van der Waals surface area contributed by atoms with Crippen molar-refractivity contribution < 1.29 is 4.79 Å².